The van der Waals surface area contributed by atoms with Crippen LogP contribution in [0.4, 0.5) is 0 Å². The molecule has 2 N–H and O–H groups in total. The molecule has 1 saturated heterocycles. The van der Waals surface area contributed by atoms with Crippen molar-refractivity contribution in [2.45, 2.75) is 18.3 Å². The Labute approximate surface area is 98.6 Å². The first-order chi connectivity index (χ1) is 8.16. The number of aliphatic hydroxyl groups is 1. The first kappa shape index (κ1) is 12.0. The third kappa shape index (κ3) is 2.46. The molecule has 2 atom stereocenters. The summed E-state index contributed by atoms with van der Waals surface area (Å²) in [5.74, 6) is -2.84. The molecule has 17 heavy (non-hydrogen) atoms. The molecule has 1 aliphatic heterocycles. The average Bonchev–Trinajstić information content (AvgIpc) is 2.75. The molecule has 0 radical (unpaired) electrons. The van der Waals surface area contributed by atoms with E-state index in [-0.39, 0.29) is 19.6 Å². The normalized spacial score (nSPS) is 28.2. The summed E-state index contributed by atoms with van der Waals surface area (Å²) < 4.78 is 10.5. The van der Waals surface area contributed by atoms with Gasteiger partial charge in [-0.2, -0.15) is 0 Å². The van der Waals surface area contributed by atoms with Crippen LogP contribution >= 0.6 is 0 Å². The molecule has 1 fully saturated rings. The first-order valence-electron chi connectivity index (χ1n) is 5.36. The van der Waals surface area contributed by atoms with Gasteiger partial charge >= 0.3 is 5.97 Å². The molecular weight excluding hydrogens is 224 g/mol. The SMILES string of the molecule is O=C(O)[C@@]1(Cc2ccccc2)OC[C@@H](CO)O1. The number of aliphatic hydroxyl groups excluding tert-OH is 1. The van der Waals surface area contributed by atoms with Gasteiger partial charge in [0.25, 0.3) is 5.79 Å². The van der Waals surface area contributed by atoms with Gasteiger partial charge in [-0.3, -0.25) is 0 Å². The van der Waals surface area contributed by atoms with Crippen LogP contribution in [0.25, 0.3) is 0 Å². The maximum atomic E-state index is 11.3. The molecule has 0 aliphatic carbocycles. The molecule has 5 nitrogen and oxygen atoms in total. The Bertz CT molecular complexity index is 391. The van der Waals surface area contributed by atoms with Gasteiger partial charge in [0, 0.05) is 6.42 Å². The van der Waals surface area contributed by atoms with Crippen molar-refractivity contribution in [1.82, 2.24) is 0 Å². The molecule has 2 rings (SSSR count). The highest BCUT2D eigenvalue weighted by molar-refractivity contribution is 5.76. The molecule has 0 amide bonds. The van der Waals surface area contributed by atoms with Crippen molar-refractivity contribution >= 4 is 5.97 Å². The van der Waals surface area contributed by atoms with Crippen LogP contribution < -0.4 is 0 Å². The minimum Gasteiger partial charge on any atom is -0.477 e. The maximum absolute atomic E-state index is 11.3. The van der Waals surface area contributed by atoms with Crippen molar-refractivity contribution in [3.8, 4) is 0 Å². The molecule has 0 saturated carbocycles. The van der Waals surface area contributed by atoms with Gasteiger partial charge in [0.05, 0.1) is 13.2 Å². The van der Waals surface area contributed by atoms with E-state index >= 15 is 0 Å². The van der Waals surface area contributed by atoms with Gasteiger partial charge in [-0.1, -0.05) is 30.3 Å². The van der Waals surface area contributed by atoms with Crippen LogP contribution in [0, 0.1) is 0 Å². The van der Waals surface area contributed by atoms with E-state index in [2.05, 4.69) is 0 Å². The Kier molecular flexibility index (Phi) is 3.42. The second kappa shape index (κ2) is 4.83. The molecule has 1 aliphatic rings. The van der Waals surface area contributed by atoms with Crippen molar-refractivity contribution in [2.24, 2.45) is 0 Å². The minimum atomic E-state index is -1.67. The second-order valence-electron chi connectivity index (χ2n) is 3.95. The first-order valence-corrected chi connectivity index (χ1v) is 5.36. The zero-order valence-corrected chi connectivity index (χ0v) is 9.20. The number of carboxylic acids is 1. The largest absolute Gasteiger partial charge is 0.477 e. The number of hydrogen-bond acceptors (Lipinski definition) is 4. The zero-order chi connectivity index (χ0) is 12.3. The fraction of sp³-hybridized carbons (Fsp3) is 0.417. The molecule has 1 aromatic carbocycles. The lowest BCUT2D eigenvalue weighted by molar-refractivity contribution is -0.206. The molecule has 0 unspecified atom stereocenters. The monoisotopic (exact) mass is 238 g/mol. The minimum absolute atomic E-state index is 0.0929. The summed E-state index contributed by atoms with van der Waals surface area (Å²) in [6, 6.07) is 9.11. The van der Waals surface area contributed by atoms with Crippen LogP contribution in [-0.4, -0.2) is 41.3 Å². The summed E-state index contributed by atoms with van der Waals surface area (Å²) in [7, 11) is 0. The molecule has 92 valence electrons. The quantitative estimate of drug-likeness (QED) is 0.795. The van der Waals surface area contributed by atoms with Crippen molar-refractivity contribution < 1.29 is 24.5 Å². The van der Waals surface area contributed by atoms with E-state index in [4.69, 9.17) is 14.6 Å². The number of hydrogen-bond donors (Lipinski definition) is 2. The summed E-state index contributed by atoms with van der Waals surface area (Å²) in [4.78, 5) is 11.3. The number of rotatable bonds is 4. The van der Waals surface area contributed by atoms with Gasteiger partial charge in [-0.25, -0.2) is 4.79 Å². The van der Waals surface area contributed by atoms with Crippen LogP contribution in [0.2, 0.25) is 0 Å². The lowest BCUT2D eigenvalue weighted by atomic mass is 10.1. The van der Waals surface area contributed by atoms with Gasteiger partial charge in [0.2, 0.25) is 0 Å². The van der Waals surface area contributed by atoms with E-state index in [1.165, 1.54) is 0 Å². The fourth-order valence-corrected chi connectivity index (χ4v) is 1.80. The molecule has 1 heterocycles. The Hall–Kier alpha value is -1.43. The molecule has 0 bridgehead atoms. The van der Waals surface area contributed by atoms with E-state index in [1.807, 2.05) is 30.3 Å². The van der Waals surface area contributed by atoms with E-state index in [9.17, 15) is 9.90 Å². The zero-order valence-electron chi connectivity index (χ0n) is 9.20. The van der Waals surface area contributed by atoms with Crippen molar-refractivity contribution in [2.75, 3.05) is 13.2 Å². The molecular formula is C12H14O5. The number of ether oxygens (including phenoxy) is 2. The smallest absolute Gasteiger partial charge is 0.364 e. The van der Waals surface area contributed by atoms with Crippen molar-refractivity contribution in [1.29, 1.82) is 0 Å². The van der Waals surface area contributed by atoms with E-state index in [0.717, 1.165) is 5.56 Å². The van der Waals surface area contributed by atoms with Crippen LogP contribution in [0.5, 0.6) is 0 Å². The molecule has 0 aromatic heterocycles. The van der Waals surface area contributed by atoms with E-state index < -0.39 is 17.9 Å². The predicted octanol–water partition coefficient (Wildman–Crippen LogP) is 0.418. The fourth-order valence-electron chi connectivity index (χ4n) is 1.80. The average molecular weight is 238 g/mol. The Morgan fingerprint density at radius 2 is 2.12 bits per heavy atom. The van der Waals surface area contributed by atoms with E-state index in [1.54, 1.807) is 0 Å². The third-order valence-corrected chi connectivity index (χ3v) is 2.67. The molecule has 0 spiro atoms. The Balaban J connectivity index is 2.17. The Morgan fingerprint density at radius 3 is 2.65 bits per heavy atom. The lowest BCUT2D eigenvalue weighted by Gasteiger charge is -2.23. The highest BCUT2D eigenvalue weighted by atomic mass is 16.8. The summed E-state index contributed by atoms with van der Waals surface area (Å²) in [5.41, 5.74) is 0.813. The number of benzene rings is 1. The van der Waals surface area contributed by atoms with Gasteiger partial charge in [-0.05, 0) is 5.56 Å². The summed E-state index contributed by atoms with van der Waals surface area (Å²) in [6.07, 6.45) is -0.450. The predicted molar refractivity (Wildman–Crippen MR) is 58.4 cm³/mol. The van der Waals surface area contributed by atoms with Gasteiger partial charge in [-0.15, -0.1) is 0 Å². The van der Waals surface area contributed by atoms with Crippen molar-refractivity contribution in [3.63, 3.8) is 0 Å². The number of carbonyl (C=O) groups is 1. The van der Waals surface area contributed by atoms with Crippen molar-refractivity contribution in [3.05, 3.63) is 35.9 Å². The van der Waals surface area contributed by atoms with Crippen LogP contribution in [-0.2, 0) is 20.7 Å². The highest BCUT2D eigenvalue weighted by Crippen LogP contribution is 2.28. The number of carboxylic acid groups (broad SMARTS) is 1. The number of aliphatic carboxylic acids is 1. The Morgan fingerprint density at radius 1 is 1.41 bits per heavy atom. The lowest BCUT2D eigenvalue weighted by Crippen LogP contribution is -2.42. The second-order valence-corrected chi connectivity index (χ2v) is 3.95. The standard InChI is InChI=1S/C12H14O5/c13-7-10-8-16-12(17-10,11(14)15)6-9-4-2-1-3-5-9/h1-5,10,13H,6-8H2,(H,14,15)/t10-,12+/m1/s1. The molecule has 5 heteroatoms. The van der Waals surface area contributed by atoms with Crippen LogP contribution in [0.1, 0.15) is 5.56 Å². The summed E-state index contributed by atoms with van der Waals surface area (Å²) in [5, 5.41) is 18.2. The summed E-state index contributed by atoms with van der Waals surface area (Å²) >= 11 is 0. The third-order valence-electron chi connectivity index (χ3n) is 2.67. The van der Waals surface area contributed by atoms with Gasteiger partial charge in [0.1, 0.15) is 6.10 Å². The highest BCUT2D eigenvalue weighted by Gasteiger charge is 2.48. The van der Waals surface area contributed by atoms with Crippen LogP contribution in [0.3, 0.4) is 0 Å². The maximum Gasteiger partial charge on any atom is 0.364 e. The van der Waals surface area contributed by atoms with Gasteiger partial charge in [0.15, 0.2) is 0 Å². The topological polar surface area (TPSA) is 76.0 Å². The summed E-state index contributed by atoms with van der Waals surface area (Å²) in [6.45, 7) is -0.153. The molecule has 1 aromatic rings. The van der Waals surface area contributed by atoms with Gasteiger partial charge < -0.3 is 19.7 Å². The van der Waals surface area contributed by atoms with E-state index in [0.29, 0.717) is 0 Å². The van der Waals surface area contributed by atoms with Crippen LogP contribution in [0.15, 0.2) is 30.3 Å².